The number of fused-ring (bicyclic) bond motifs is 2. The Morgan fingerprint density at radius 3 is 2.52 bits per heavy atom. The first-order chi connectivity index (χ1) is 14.7. The predicted molar refractivity (Wildman–Crippen MR) is 110 cm³/mol. The number of alkyl halides is 3. The molecule has 2 heterocycles. The summed E-state index contributed by atoms with van der Waals surface area (Å²) in [5.41, 5.74) is 0.433. The molecule has 4 rings (SSSR count). The highest BCUT2D eigenvalue weighted by Gasteiger charge is 2.33. The van der Waals surface area contributed by atoms with Gasteiger partial charge in [0.1, 0.15) is 17.8 Å². The van der Waals surface area contributed by atoms with Gasteiger partial charge in [0.25, 0.3) is 0 Å². The van der Waals surface area contributed by atoms with E-state index in [1.54, 1.807) is 18.2 Å². The maximum atomic E-state index is 13.0. The lowest BCUT2D eigenvalue weighted by molar-refractivity contribution is -0.137. The van der Waals surface area contributed by atoms with E-state index in [0.717, 1.165) is 12.1 Å². The third-order valence-corrected chi connectivity index (χ3v) is 4.89. The Kier molecular flexibility index (Phi) is 5.50. The smallest absolute Gasteiger partial charge is 0.417 e. The third kappa shape index (κ3) is 4.59. The normalized spacial score (nSPS) is 12.5. The van der Waals surface area contributed by atoms with E-state index in [1.165, 1.54) is 12.4 Å². The van der Waals surface area contributed by atoms with E-state index < -0.39 is 22.8 Å². The summed E-state index contributed by atoms with van der Waals surface area (Å²) in [4.78, 5) is 20.2. The Hall–Kier alpha value is -3.24. The van der Waals surface area contributed by atoms with Gasteiger partial charge in [-0.25, -0.2) is 9.78 Å². The van der Waals surface area contributed by atoms with E-state index in [2.05, 4.69) is 25.9 Å². The zero-order valence-electron chi connectivity index (χ0n) is 15.3. The molecule has 3 aromatic rings. The van der Waals surface area contributed by atoms with Crippen LogP contribution in [0.1, 0.15) is 11.1 Å². The molecule has 160 valence electrons. The number of benzene rings is 2. The van der Waals surface area contributed by atoms with Crippen molar-refractivity contribution in [1.82, 2.24) is 9.97 Å². The lowest BCUT2D eigenvalue weighted by Crippen LogP contribution is -2.20. The molecule has 0 fully saturated rings. The van der Waals surface area contributed by atoms with Crippen LogP contribution in [0.3, 0.4) is 0 Å². The number of hydrogen-bond acceptors (Lipinski definition) is 5. The van der Waals surface area contributed by atoms with Crippen molar-refractivity contribution in [3.8, 4) is 11.6 Å². The predicted octanol–water partition coefficient (Wildman–Crippen LogP) is 6.16. The van der Waals surface area contributed by atoms with Gasteiger partial charge in [-0.3, -0.25) is 0 Å². The number of carbonyl (C=O) groups is 1. The zero-order chi connectivity index (χ0) is 22.2. The molecule has 0 radical (unpaired) electrons. The van der Waals surface area contributed by atoms with E-state index in [0.29, 0.717) is 29.2 Å². The first-order valence-electron chi connectivity index (χ1n) is 8.70. The van der Waals surface area contributed by atoms with Crippen LogP contribution in [0.25, 0.3) is 0 Å². The second-order valence-corrected chi connectivity index (χ2v) is 7.16. The minimum Gasteiger partial charge on any atom is -0.437 e. The fourth-order valence-electron chi connectivity index (χ4n) is 2.87. The number of carbonyl (C=O) groups excluding carboxylic acids is 1. The van der Waals surface area contributed by atoms with Crippen LogP contribution in [-0.4, -0.2) is 16.0 Å². The highest BCUT2D eigenvalue weighted by molar-refractivity contribution is 6.32. The number of amides is 2. The molecule has 0 unspecified atom stereocenters. The SMILES string of the molecule is O=C(Nc1ccc2c(c1)CNc1c(Cl)ncnc1O2)Nc1ccc(Cl)c(C(F)(F)F)c1. The van der Waals surface area contributed by atoms with Gasteiger partial charge in [0, 0.05) is 23.5 Å². The van der Waals surface area contributed by atoms with Gasteiger partial charge < -0.3 is 20.7 Å². The van der Waals surface area contributed by atoms with Crippen molar-refractivity contribution in [3.63, 3.8) is 0 Å². The fraction of sp³-hybridized carbons (Fsp3) is 0.105. The number of aromatic nitrogens is 2. The van der Waals surface area contributed by atoms with Crippen LogP contribution >= 0.6 is 23.2 Å². The Bertz CT molecular complexity index is 1170. The van der Waals surface area contributed by atoms with Crippen LogP contribution in [0.5, 0.6) is 11.6 Å². The molecule has 2 aromatic carbocycles. The summed E-state index contributed by atoms with van der Waals surface area (Å²) in [7, 11) is 0. The first-order valence-corrected chi connectivity index (χ1v) is 9.46. The summed E-state index contributed by atoms with van der Waals surface area (Å²) in [6, 6.07) is 7.23. The third-order valence-electron chi connectivity index (χ3n) is 4.28. The van der Waals surface area contributed by atoms with E-state index in [4.69, 9.17) is 27.9 Å². The molecule has 0 saturated carbocycles. The molecule has 1 aromatic heterocycles. The van der Waals surface area contributed by atoms with Crippen LogP contribution in [0.2, 0.25) is 10.2 Å². The quantitative estimate of drug-likeness (QED) is 0.391. The number of rotatable bonds is 2. The minimum atomic E-state index is -4.64. The molecule has 0 atom stereocenters. The molecule has 3 N–H and O–H groups in total. The molecule has 31 heavy (non-hydrogen) atoms. The average molecular weight is 470 g/mol. The highest BCUT2D eigenvalue weighted by atomic mass is 35.5. The van der Waals surface area contributed by atoms with Crippen molar-refractivity contribution in [3.05, 3.63) is 64.0 Å². The number of urea groups is 1. The second-order valence-electron chi connectivity index (χ2n) is 6.39. The zero-order valence-corrected chi connectivity index (χ0v) is 16.9. The van der Waals surface area contributed by atoms with E-state index >= 15 is 0 Å². The number of anilines is 3. The molecule has 2 amide bonds. The highest BCUT2D eigenvalue weighted by Crippen LogP contribution is 2.38. The lowest BCUT2D eigenvalue weighted by atomic mass is 10.1. The summed E-state index contributed by atoms with van der Waals surface area (Å²) in [6.07, 6.45) is -3.37. The van der Waals surface area contributed by atoms with Crippen molar-refractivity contribution in [1.29, 1.82) is 0 Å². The Balaban J connectivity index is 1.48. The number of ether oxygens (including phenoxy) is 1. The van der Waals surface area contributed by atoms with Gasteiger partial charge in [0.15, 0.2) is 5.15 Å². The molecular weight excluding hydrogens is 458 g/mol. The Morgan fingerprint density at radius 2 is 1.77 bits per heavy atom. The molecule has 0 aliphatic carbocycles. The van der Waals surface area contributed by atoms with Crippen molar-refractivity contribution in [2.75, 3.05) is 16.0 Å². The van der Waals surface area contributed by atoms with Crippen molar-refractivity contribution >= 4 is 46.3 Å². The van der Waals surface area contributed by atoms with Crippen LogP contribution in [-0.2, 0) is 12.7 Å². The molecule has 12 heteroatoms. The Morgan fingerprint density at radius 1 is 1.06 bits per heavy atom. The maximum absolute atomic E-state index is 13.0. The van der Waals surface area contributed by atoms with E-state index in [-0.39, 0.29) is 16.7 Å². The fourth-order valence-corrected chi connectivity index (χ4v) is 3.29. The Labute approximate surface area is 183 Å². The van der Waals surface area contributed by atoms with Gasteiger partial charge >= 0.3 is 12.2 Å². The van der Waals surface area contributed by atoms with Crippen LogP contribution in [0, 0.1) is 0 Å². The van der Waals surface area contributed by atoms with Gasteiger partial charge in [-0.2, -0.15) is 18.2 Å². The number of nitrogens with zero attached hydrogens (tertiary/aromatic N) is 2. The summed E-state index contributed by atoms with van der Waals surface area (Å²) in [5, 5.41) is 7.73. The van der Waals surface area contributed by atoms with Gasteiger partial charge in [-0.15, -0.1) is 0 Å². The van der Waals surface area contributed by atoms with Crippen molar-refractivity contribution < 1.29 is 22.7 Å². The number of nitrogens with one attached hydrogen (secondary N) is 3. The van der Waals surface area contributed by atoms with Gasteiger partial charge in [0.05, 0.1) is 10.6 Å². The average Bonchev–Trinajstić information content (AvgIpc) is 2.88. The topological polar surface area (TPSA) is 88.2 Å². The monoisotopic (exact) mass is 469 g/mol. The van der Waals surface area contributed by atoms with Gasteiger partial charge in [0.2, 0.25) is 5.88 Å². The van der Waals surface area contributed by atoms with Crippen LogP contribution in [0.4, 0.5) is 35.0 Å². The van der Waals surface area contributed by atoms with Gasteiger partial charge in [-0.05, 0) is 36.4 Å². The lowest BCUT2D eigenvalue weighted by Gasteiger charge is -2.13. The van der Waals surface area contributed by atoms with Crippen molar-refractivity contribution in [2.24, 2.45) is 0 Å². The molecular formula is C19H12Cl2F3N5O2. The summed E-state index contributed by atoms with van der Waals surface area (Å²) < 4.78 is 44.7. The number of halogens is 5. The molecule has 0 spiro atoms. The standard InChI is InChI=1S/C19H12Cl2F3N5O2/c20-13-3-1-11(6-12(13)19(22,23)24)29-18(30)28-10-2-4-14-9(5-10)7-25-15-16(21)26-8-27-17(15)31-14/h1-6,8,25H,7H2,(H2,28,29,30). The summed E-state index contributed by atoms with van der Waals surface area (Å²) in [6.45, 7) is 0.318. The van der Waals surface area contributed by atoms with E-state index in [9.17, 15) is 18.0 Å². The van der Waals surface area contributed by atoms with Crippen LogP contribution in [0.15, 0.2) is 42.7 Å². The minimum absolute atomic E-state index is 0.0577. The summed E-state index contributed by atoms with van der Waals surface area (Å²) >= 11 is 11.6. The van der Waals surface area contributed by atoms with Gasteiger partial charge in [-0.1, -0.05) is 23.2 Å². The largest absolute Gasteiger partial charge is 0.437 e. The molecule has 7 nitrogen and oxygen atoms in total. The van der Waals surface area contributed by atoms with Crippen LogP contribution < -0.4 is 20.7 Å². The maximum Gasteiger partial charge on any atom is 0.417 e. The van der Waals surface area contributed by atoms with Crippen molar-refractivity contribution in [2.45, 2.75) is 12.7 Å². The summed E-state index contributed by atoms with van der Waals surface area (Å²) in [5.74, 6) is 0.764. The second kappa shape index (κ2) is 8.12. The molecule has 0 bridgehead atoms. The molecule has 1 aliphatic rings. The molecule has 0 saturated heterocycles. The first kappa shape index (κ1) is 21.0. The molecule has 1 aliphatic heterocycles. The van der Waals surface area contributed by atoms with E-state index in [1.807, 2.05) is 0 Å². The number of hydrogen-bond donors (Lipinski definition) is 3.